The number of hydrogen-bond acceptors (Lipinski definition) is 4. The minimum absolute atomic E-state index is 0.0388. The Morgan fingerprint density at radius 2 is 1.78 bits per heavy atom. The molecule has 0 aromatic heterocycles. The van der Waals surface area contributed by atoms with Crippen molar-refractivity contribution in [3.63, 3.8) is 0 Å². The number of benzene rings is 1. The second kappa shape index (κ2) is 5.64. The summed E-state index contributed by atoms with van der Waals surface area (Å²) in [6.45, 7) is 3.59. The summed E-state index contributed by atoms with van der Waals surface area (Å²) in [5.41, 5.74) is -0.636. The fourth-order valence-electron chi connectivity index (χ4n) is 1.22. The molecule has 0 spiro atoms. The van der Waals surface area contributed by atoms with Gasteiger partial charge in [-0.2, -0.15) is 0 Å². The van der Waals surface area contributed by atoms with Gasteiger partial charge in [-0.15, -0.1) is 0 Å². The molecule has 0 fully saturated rings. The van der Waals surface area contributed by atoms with E-state index in [2.05, 4.69) is 0 Å². The summed E-state index contributed by atoms with van der Waals surface area (Å²) < 4.78 is 10.2. The van der Waals surface area contributed by atoms with Crippen molar-refractivity contribution in [3.8, 4) is 0 Å². The Balaban J connectivity index is 2.82. The van der Waals surface area contributed by atoms with Crippen molar-refractivity contribution in [1.82, 2.24) is 0 Å². The Morgan fingerprint density at radius 1 is 1.22 bits per heavy atom. The number of carbonyl (C=O) groups excluding carboxylic acids is 1. The number of carboxylic acid groups (broad SMARTS) is 1. The highest BCUT2D eigenvalue weighted by molar-refractivity contribution is 6.02. The average Bonchev–Trinajstić information content (AvgIpc) is 2.36. The number of hydrogen-bond donors (Lipinski definition) is 1. The van der Waals surface area contributed by atoms with E-state index in [0.717, 1.165) is 0 Å². The fraction of sp³-hybridized carbons (Fsp3) is 0.385. The summed E-state index contributed by atoms with van der Waals surface area (Å²) in [6.07, 6.45) is 0. The number of carboxylic acids is 1. The van der Waals surface area contributed by atoms with E-state index in [-0.39, 0.29) is 17.7 Å². The molecule has 5 nitrogen and oxygen atoms in total. The van der Waals surface area contributed by atoms with Crippen molar-refractivity contribution in [1.29, 1.82) is 0 Å². The van der Waals surface area contributed by atoms with Gasteiger partial charge in [0.15, 0.2) is 0 Å². The lowest BCUT2D eigenvalue weighted by atomic mass is 10.1. The summed E-state index contributed by atoms with van der Waals surface area (Å²) >= 11 is 0. The molecule has 0 radical (unpaired) electrons. The predicted octanol–water partition coefficient (Wildman–Crippen LogP) is 1.97. The SMILES string of the molecule is COC(C)(C)COC(=O)c1ccccc1C(=O)O. The maximum atomic E-state index is 11.8. The van der Waals surface area contributed by atoms with Gasteiger partial charge >= 0.3 is 11.9 Å². The van der Waals surface area contributed by atoms with Crippen molar-refractivity contribution in [2.75, 3.05) is 13.7 Å². The quantitative estimate of drug-likeness (QED) is 0.811. The number of esters is 1. The van der Waals surface area contributed by atoms with Gasteiger partial charge in [-0.3, -0.25) is 0 Å². The second-order valence-corrected chi connectivity index (χ2v) is 4.39. The summed E-state index contributed by atoms with van der Waals surface area (Å²) in [5.74, 6) is -1.83. The predicted molar refractivity (Wildman–Crippen MR) is 64.8 cm³/mol. The van der Waals surface area contributed by atoms with Crippen molar-refractivity contribution in [2.45, 2.75) is 19.4 Å². The van der Waals surface area contributed by atoms with Crippen LogP contribution in [0.4, 0.5) is 0 Å². The van der Waals surface area contributed by atoms with Gasteiger partial charge in [-0.25, -0.2) is 9.59 Å². The molecular weight excluding hydrogens is 236 g/mol. The van der Waals surface area contributed by atoms with E-state index in [1.165, 1.54) is 19.2 Å². The van der Waals surface area contributed by atoms with E-state index in [9.17, 15) is 9.59 Å². The lowest BCUT2D eigenvalue weighted by Gasteiger charge is -2.22. The van der Waals surface area contributed by atoms with Gasteiger partial charge in [0.05, 0.1) is 16.7 Å². The minimum Gasteiger partial charge on any atom is -0.478 e. The zero-order valence-corrected chi connectivity index (χ0v) is 10.6. The van der Waals surface area contributed by atoms with Gasteiger partial charge in [-0.05, 0) is 26.0 Å². The molecule has 0 unspecified atom stereocenters. The van der Waals surface area contributed by atoms with E-state index in [0.29, 0.717) is 0 Å². The first-order valence-corrected chi connectivity index (χ1v) is 5.42. The lowest BCUT2D eigenvalue weighted by Crippen LogP contribution is -2.30. The van der Waals surface area contributed by atoms with Gasteiger partial charge in [-0.1, -0.05) is 12.1 Å². The van der Waals surface area contributed by atoms with Gasteiger partial charge in [0, 0.05) is 7.11 Å². The van der Waals surface area contributed by atoms with Crippen LogP contribution in [-0.2, 0) is 9.47 Å². The minimum atomic E-state index is -1.16. The summed E-state index contributed by atoms with van der Waals surface area (Å²) in [7, 11) is 1.51. The van der Waals surface area contributed by atoms with Crippen LogP contribution in [-0.4, -0.2) is 36.4 Å². The van der Waals surface area contributed by atoms with Crippen LogP contribution in [0.15, 0.2) is 24.3 Å². The van der Waals surface area contributed by atoms with Gasteiger partial charge in [0.2, 0.25) is 0 Å². The van der Waals surface area contributed by atoms with E-state index in [1.807, 2.05) is 0 Å². The molecule has 1 aromatic carbocycles. The largest absolute Gasteiger partial charge is 0.478 e. The molecule has 1 aromatic rings. The number of ether oxygens (including phenoxy) is 2. The van der Waals surface area contributed by atoms with Crippen molar-refractivity contribution < 1.29 is 24.2 Å². The Labute approximate surface area is 105 Å². The Kier molecular flexibility index (Phi) is 4.44. The molecule has 18 heavy (non-hydrogen) atoms. The van der Waals surface area contributed by atoms with Gasteiger partial charge in [0.1, 0.15) is 6.61 Å². The monoisotopic (exact) mass is 252 g/mol. The highest BCUT2D eigenvalue weighted by Crippen LogP contribution is 2.13. The standard InChI is InChI=1S/C13H16O5/c1-13(2,17-3)8-18-12(16)10-7-5-4-6-9(10)11(14)15/h4-7H,8H2,1-3H3,(H,14,15). The van der Waals surface area contributed by atoms with Crippen LogP contribution in [0.25, 0.3) is 0 Å². The zero-order valence-electron chi connectivity index (χ0n) is 10.6. The highest BCUT2D eigenvalue weighted by Gasteiger charge is 2.22. The van der Waals surface area contributed by atoms with Crippen molar-refractivity contribution >= 4 is 11.9 Å². The maximum absolute atomic E-state index is 11.8. The van der Waals surface area contributed by atoms with E-state index >= 15 is 0 Å². The summed E-state index contributed by atoms with van der Waals surface area (Å²) in [4.78, 5) is 22.7. The smallest absolute Gasteiger partial charge is 0.339 e. The number of aromatic carboxylic acids is 1. The van der Waals surface area contributed by atoms with Crippen LogP contribution in [0.3, 0.4) is 0 Å². The Morgan fingerprint density at radius 3 is 2.28 bits per heavy atom. The first-order valence-electron chi connectivity index (χ1n) is 5.42. The van der Waals surface area contributed by atoms with Crippen LogP contribution in [0.5, 0.6) is 0 Å². The second-order valence-electron chi connectivity index (χ2n) is 4.39. The van der Waals surface area contributed by atoms with E-state index < -0.39 is 17.5 Å². The summed E-state index contributed by atoms with van der Waals surface area (Å²) in [5, 5.41) is 8.96. The van der Waals surface area contributed by atoms with E-state index in [4.69, 9.17) is 14.6 Å². The molecule has 0 aliphatic carbocycles. The van der Waals surface area contributed by atoms with E-state index in [1.54, 1.807) is 26.0 Å². The lowest BCUT2D eigenvalue weighted by molar-refractivity contribution is -0.0372. The third-order valence-corrected chi connectivity index (χ3v) is 2.48. The molecule has 98 valence electrons. The van der Waals surface area contributed by atoms with Crippen LogP contribution in [0.2, 0.25) is 0 Å². The zero-order chi connectivity index (χ0) is 13.8. The number of rotatable bonds is 5. The molecule has 0 aliphatic rings. The molecular formula is C13H16O5. The molecule has 0 atom stereocenters. The Hall–Kier alpha value is -1.88. The van der Waals surface area contributed by atoms with Crippen LogP contribution in [0, 0.1) is 0 Å². The topological polar surface area (TPSA) is 72.8 Å². The van der Waals surface area contributed by atoms with Crippen LogP contribution < -0.4 is 0 Å². The van der Waals surface area contributed by atoms with Crippen molar-refractivity contribution in [3.05, 3.63) is 35.4 Å². The first kappa shape index (κ1) is 14.2. The summed E-state index contributed by atoms with van der Waals surface area (Å²) in [6, 6.07) is 5.93. The van der Waals surface area contributed by atoms with Crippen LogP contribution in [0.1, 0.15) is 34.6 Å². The maximum Gasteiger partial charge on any atom is 0.339 e. The third-order valence-electron chi connectivity index (χ3n) is 2.48. The molecule has 0 aliphatic heterocycles. The molecule has 1 N–H and O–H groups in total. The fourth-order valence-corrected chi connectivity index (χ4v) is 1.22. The molecule has 0 heterocycles. The van der Waals surface area contributed by atoms with Gasteiger partial charge in [0.25, 0.3) is 0 Å². The molecule has 0 bridgehead atoms. The molecule has 5 heteroatoms. The molecule has 0 amide bonds. The average molecular weight is 252 g/mol. The first-order chi connectivity index (χ1) is 8.37. The molecule has 1 rings (SSSR count). The van der Waals surface area contributed by atoms with Gasteiger partial charge < -0.3 is 14.6 Å². The van der Waals surface area contributed by atoms with Crippen LogP contribution >= 0.6 is 0 Å². The molecule has 0 saturated carbocycles. The molecule has 0 saturated heterocycles. The highest BCUT2D eigenvalue weighted by atomic mass is 16.6. The Bertz CT molecular complexity index is 450. The van der Waals surface area contributed by atoms with Crippen molar-refractivity contribution in [2.24, 2.45) is 0 Å². The number of carbonyl (C=O) groups is 2. The number of methoxy groups -OCH3 is 1. The third kappa shape index (κ3) is 3.56. The normalized spacial score (nSPS) is 11.1.